The van der Waals surface area contributed by atoms with Crippen LogP contribution in [0, 0.1) is 0 Å². The highest BCUT2D eigenvalue weighted by Gasteiger charge is 2.21. The number of rotatable bonds is 7. The smallest absolute Gasteiger partial charge is 0.216 e. The van der Waals surface area contributed by atoms with Gasteiger partial charge in [0.2, 0.25) is 10.0 Å². The molecule has 5 nitrogen and oxygen atoms in total. The summed E-state index contributed by atoms with van der Waals surface area (Å²) in [5.41, 5.74) is 5.41. The van der Waals surface area contributed by atoms with Gasteiger partial charge < -0.3 is 10.5 Å². The van der Waals surface area contributed by atoms with Crippen LogP contribution in [0.1, 0.15) is 20.8 Å². The van der Waals surface area contributed by atoms with E-state index in [1.807, 2.05) is 13.8 Å². The summed E-state index contributed by atoms with van der Waals surface area (Å²) >= 11 is 0. The van der Waals surface area contributed by atoms with Crippen molar-refractivity contribution in [3.8, 4) is 0 Å². The average molecular weight is 238 g/mol. The van der Waals surface area contributed by atoms with E-state index in [9.17, 15) is 8.42 Å². The van der Waals surface area contributed by atoms with Gasteiger partial charge in [0.1, 0.15) is 0 Å². The molecule has 1 unspecified atom stereocenters. The Morgan fingerprint density at radius 3 is 2.27 bits per heavy atom. The molecule has 0 aromatic carbocycles. The molecule has 0 fully saturated rings. The van der Waals surface area contributed by atoms with Crippen LogP contribution in [-0.4, -0.2) is 50.8 Å². The van der Waals surface area contributed by atoms with Gasteiger partial charge in [-0.05, 0) is 20.8 Å². The Kier molecular flexibility index (Phi) is 6.35. The highest BCUT2D eigenvalue weighted by atomic mass is 32.2. The summed E-state index contributed by atoms with van der Waals surface area (Å²) in [6, 6.07) is -0.172. The Morgan fingerprint density at radius 2 is 1.87 bits per heavy atom. The number of likely N-dealkylation sites (N-methyl/N-ethyl adjacent to an activating group) is 1. The first kappa shape index (κ1) is 14.8. The molecule has 0 saturated carbocycles. The minimum Gasteiger partial charge on any atom is -0.378 e. The quantitative estimate of drug-likeness (QED) is 0.678. The van der Waals surface area contributed by atoms with E-state index in [1.165, 1.54) is 4.31 Å². The molecule has 0 amide bonds. The fourth-order valence-corrected chi connectivity index (χ4v) is 2.18. The van der Waals surface area contributed by atoms with E-state index < -0.39 is 10.0 Å². The second kappa shape index (κ2) is 6.42. The van der Waals surface area contributed by atoms with Gasteiger partial charge in [0.05, 0.1) is 18.5 Å². The molecular formula is C9H22N2O3S. The topological polar surface area (TPSA) is 72.6 Å². The molecule has 0 spiro atoms. The second-order valence-electron chi connectivity index (χ2n) is 3.84. The SMILES string of the molecule is CC(C)OCCS(=O)(=O)N(C)C(C)CN. The molecule has 0 radical (unpaired) electrons. The lowest BCUT2D eigenvalue weighted by Gasteiger charge is -2.23. The van der Waals surface area contributed by atoms with Gasteiger partial charge in [-0.25, -0.2) is 12.7 Å². The standard InChI is InChI=1S/C9H22N2O3S/c1-8(2)14-5-6-15(12,13)11(4)9(3)7-10/h8-9H,5-7,10H2,1-4H3. The van der Waals surface area contributed by atoms with Gasteiger partial charge in [0, 0.05) is 19.6 Å². The first-order valence-electron chi connectivity index (χ1n) is 5.08. The Morgan fingerprint density at radius 1 is 1.33 bits per heavy atom. The molecule has 0 heterocycles. The van der Waals surface area contributed by atoms with E-state index in [2.05, 4.69) is 0 Å². The summed E-state index contributed by atoms with van der Waals surface area (Å²) in [5, 5.41) is 0. The number of nitrogens with two attached hydrogens (primary N) is 1. The summed E-state index contributed by atoms with van der Waals surface area (Å²) in [5.74, 6) is 0.00597. The van der Waals surface area contributed by atoms with Crippen LogP contribution < -0.4 is 5.73 Å². The van der Waals surface area contributed by atoms with Gasteiger partial charge in [0.15, 0.2) is 0 Å². The Labute approximate surface area is 92.6 Å². The Bertz CT molecular complexity index is 265. The Balaban J connectivity index is 4.18. The van der Waals surface area contributed by atoms with Crippen LogP contribution >= 0.6 is 0 Å². The zero-order valence-electron chi connectivity index (χ0n) is 9.93. The molecule has 0 rings (SSSR count). The van der Waals surface area contributed by atoms with Gasteiger partial charge in [-0.15, -0.1) is 0 Å². The lowest BCUT2D eigenvalue weighted by Crippen LogP contribution is -2.41. The van der Waals surface area contributed by atoms with Crippen molar-refractivity contribution in [2.45, 2.75) is 32.9 Å². The first-order valence-corrected chi connectivity index (χ1v) is 6.69. The number of hydrogen-bond donors (Lipinski definition) is 1. The normalized spacial score (nSPS) is 14.9. The third-order valence-electron chi connectivity index (χ3n) is 2.19. The molecule has 0 aromatic heterocycles. The second-order valence-corrected chi connectivity index (χ2v) is 5.98. The zero-order chi connectivity index (χ0) is 12.1. The minimum atomic E-state index is -3.24. The van der Waals surface area contributed by atoms with E-state index >= 15 is 0 Å². The molecule has 0 aromatic rings. The lowest BCUT2D eigenvalue weighted by molar-refractivity contribution is 0.0906. The van der Waals surface area contributed by atoms with Crippen molar-refractivity contribution in [1.82, 2.24) is 4.31 Å². The zero-order valence-corrected chi connectivity index (χ0v) is 10.8. The van der Waals surface area contributed by atoms with Crippen molar-refractivity contribution < 1.29 is 13.2 Å². The fraction of sp³-hybridized carbons (Fsp3) is 1.00. The van der Waals surface area contributed by atoms with Crippen LogP contribution in [0.2, 0.25) is 0 Å². The number of sulfonamides is 1. The maximum absolute atomic E-state index is 11.7. The first-order chi connectivity index (χ1) is 6.81. The van der Waals surface area contributed by atoms with E-state index in [4.69, 9.17) is 10.5 Å². The van der Waals surface area contributed by atoms with Crippen LogP contribution in [0.3, 0.4) is 0 Å². The van der Waals surface area contributed by atoms with Crippen LogP contribution in [0.4, 0.5) is 0 Å². The number of nitrogens with zero attached hydrogens (tertiary/aromatic N) is 1. The molecular weight excluding hydrogens is 216 g/mol. The van der Waals surface area contributed by atoms with E-state index in [0.717, 1.165) is 0 Å². The van der Waals surface area contributed by atoms with E-state index in [0.29, 0.717) is 6.54 Å². The maximum Gasteiger partial charge on any atom is 0.216 e. The van der Waals surface area contributed by atoms with Crippen LogP contribution in [-0.2, 0) is 14.8 Å². The van der Waals surface area contributed by atoms with Crippen LogP contribution in [0.15, 0.2) is 0 Å². The molecule has 6 heteroatoms. The predicted octanol–water partition coefficient (Wildman–Crippen LogP) is 0.0202. The molecule has 0 aliphatic heterocycles. The van der Waals surface area contributed by atoms with Crippen molar-refractivity contribution in [2.24, 2.45) is 5.73 Å². The highest BCUT2D eigenvalue weighted by Crippen LogP contribution is 2.04. The van der Waals surface area contributed by atoms with Gasteiger partial charge in [-0.2, -0.15) is 0 Å². The van der Waals surface area contributed by atoms with Crippen molar-refractivity contribution in [2.75, 3.05) is 26.0 Å². The van der Waals surface area contributed by atoms with Gasteiger partial charge in [0.25, 0.3) is 0 Å². The maximum atomic E-state index is 11.7. The third-order valence-corrected chi connectivity index (χ3v) is 4.11. The van der Waals surface area contributed by atoms with Crippen LogP contribution in [0.25, 0.3) is 0 Å². The molecule has 0 aliphatic carbocycles. The number of hydrogen-bond acceptors (Lipinski definition) is 4. The molecule has 92 valence electrons. The highest BCUT2D eigenvalue weighted by molar-refractivity contribution is 7.89. The minimum absolute atomic E-state index is 0.00597. The average Bonchev–Trinajstić information content (AvgIpc) is 2.14. The summed E-state index contributed by atoms with van der Waals surface area (Å²) in [7, 11) is -1.70. The third kappa shape index (κ3) is 5.46. The summed E-state index contributed by atoms with van der Waals surface area (Å²) in [6.07, 6.45) is 0.0532. The van der Waals surface area contributed by atoms with Gasteiger partial charge >= 0.3 is 0 Å². The largest absolute Gasteiger partial charge is 0.378 e. The molecule has 0 bridgehead atoms. The summed E-state index contributed by atoms with van der Waals surface area (Å²) in [4.78, 5) is 0. The summed E-state index contributed by atoms with van der Waals surface area (Å²) in [6.45, 7) is 6.07. The monoisotopic (exact) mass is 238 g/mol. The van der Waals surface area contributed by atoms with Crippen LogP contribution in [0.5, 0.6) is 0 Å². The van der Waals surface area contributed by atoms with E-state index in [1.54, 1.807) is 14.0 Å². The molecule has 0 aliphatic rings. The predicted molar refractivity (Wildman–Crippen MR) is 61.2 cm³/mol. The van der Waals surface area contributed by atoms with Crippen molar-refractivity contribution >= 4 is 10.0 Å². The molecule has 2 N–H and O–H groups in total. The Hall–Kier alpha value is -0.170. The van der Waals surface area contributed by atoms with E-state index in [-0.39, 0.29) is 24.5 Å². The summed E-state index contributed by atoms with van der Waals surface area (Å²) < 4.78 is 29.9. The van der Waals surface area contributed by atoms with Crippen molar-refractivity contribution in [3.63, 3.8) is 0 Å². The van der Waals surface area contributed by atoms with Crippen molar-refractivity contribution in [3.05, 3.63) is 0 Å². The molecule has 0 saturated heterocycles. The molecule has 1 atom stereocenters. The lowest BCUT2D eigenvalue weighted by atomic mass is 10.4. The van der Waals surface area contributed by atoms with Crippen molar-refractivity contribution in [1.29, 1.82) is 0 Å². The van der Waals surface area contributed by atoms with Gasteiger partial charge in [-0.1, -0.05) is 0 Å². The molecule has 15 heavy (non-hydrogen) atoms. The van der Waals surface area contributed by atoms with Gasteiger partial charge in [-0.3, -0.25) is 0 Å². The number of ether oxygens (including phenoxy) is 1. The fourth-order valence-electron chi connectivity index (χ4n) is 0.956.